The molecule has 2 heterocycles. The number of aromatic amines is 1. The molecule has 11 nitrogen and oxygen atoms in total. The van der Waals surface area contributed by atoms with Gasteiger partial charge in [-0.05, 0) is 0 Å². The van der Waals surface area contributed by atoms with Crippen LogP contribution < -0.4 is 11.2 Å². The third kappa shape index (κ3) is 3.55. The van der Waals surface area contributed by atoms with Crippen molar-refractivity contribution >= 4 is 7.82 Å². The Morgan fingerprint density at radius 1 is 1.52 bits per heavy atom. The summed E-state index contributed by atoms with van der Waals surface area (Å²) in [4.78, 5) is 41.3. The van der Waals surface area contributed by atoms with Gasteiger partial charge in [-0.1, -0.05) is 0 Å². The molecule has 0 amide bonds. The van der Waals surface area contributed by atoms with Crippen LogP contribution in [0.2, 0.25) is 0 Å². The molecule has 0 bridgehead atoms. The molecule has 4 atom stereocenters. The molecule has 130 valence electrons. The average molecular weight is 362 g/mol. The monoisotopic (exact) mass is 362 g/mol. The number of rotatable bonds is 4. The van der Waals surface area contributed by atoms with Crippen LogP contribution in [0.15, 0.2) is 15.8 Å². The summed E-state index contributed by atoms with van der Waals surface area (Å²) in [5.74, 6) is -5.61. The van der Waals surface area contributed by atoms with E-state index < -0.39 is 55.7 Å². The summed E-state index contributed by atoms with van der Waals surface area (Å²) in [7, 11) is -5.61. The highest BCUT2D eigenvalue weighted by Crippen LogP contribution is 2.43. The van der Waals surface area contributed by atoms with Crippen LogP contribution in [0.1, 0.15) is 8.97 Å². The molecule has 0 unspecified atom stereocenters. The number of aliphatic hydroxyl groups excluding tert-OH is 2. The summed E-state index contributed by atoms with van der Waals surface area (Å²) in [5.41, 5.74) is -2.84. The van der Waals surface area contributed by atoms with E-state index in [2.05, 4.69) is 9.26 Å². The number of H-pyrrole nitrogens is 1. The largest absolute Gasteiger partial charge is 0.469 e. The Morgan fingerprint density at radius 3 is 2.70 bits per heavy atom. The van der Waals surface area contributed by atoms with Crippen molar-refractivity contribution in [3.05, 3.63) is 32.9 Å². The first-order chi connectivity index (χ1) is 11.2. The Kier molecular flexibility index (Phi) is 3.85. The molecule has 5 N–H and O–H groups in total. The minimum absolute atomic E-state index is 0.111. The highest BCUT2D eigenvalue weighted by molar-refractivity contribution is 7.46. The van der Waals surface area contributed by atoms with E-state index in [1.165, 1.54) is 4.98 Å². The third-order valence-electron chi connectivity index (χ3n) is 2.79. The quantitative estimate of drug-likeness (QED) is 0.369. The number of nitrogens with one attached hydrogen (secondary N) is 1. The van der Waals surface area contributed by atoms with Crippen molar-refractivity contribution < 1.29 is 45.3 Å². The van der Waals surface area contributed by atoms with E-state index in [0.29, 0.717) is 0 Å². The molecule has 1 saturated heterocycles. The van der Waals surface area contributed by atoms with Crippen molar-refractivity contribution in [2.75, 3.05) is 6.56 Å². The maximum atomic E-state index is 14.8. The molecule has 0 saturated carbocycles. The number of nitrogens with zero attached hydrogens (tertiary/aromatic N) is 1. The molecule has 1 aromatic heterocycles. The molecular weight excluding hydrogens is 349 g/mol. The van der Waals surface area contributed by atoms with Crippen molar-refractivity contribution in [2.45, 2.75) is 24.3 Å². The molecule has 1 fully saturated rings. The van der Waals surface area contributed by atoms with Gasteiger partial charge in [-0.2, -0.15) is 4.39 Å². The fourth-order valence-electron chi connectivity index (χ4n) is 1.77. The standard InChI is InChI=1S/C9H11F2N2O9P/c10-3-1-13(8(17)12-6(3)16)7-4(14)5(15)9(11,22-7)2-21-23(18,19)20/h1,4-5,7,14-15H,2H2,(H,12,16,17)(H2,18,19,20)/t4-,5+,7-,9-/m1/s1/i2D2. The predicted octanol–water partition coefficient (Wildman–Crippen LogP) is -2.30. The predicted molar refractivity (Wildman–Crippen MR) is 65.3 cm³/mol. The zero-order valence-electron chi connectivity index (χ0n) is 12.8. The zero-order chi connectivity index (χ0) is 19.4. The molecule has 14 heteroatoms. The van der Waals surface area contributed by atoms with E-state index in [4.69, 9.17) is 12.5 Å². The van der Waals surface area contributed by atoms with E-state index >= 15 is 0 Å². The van der Waals surface area contributed by atoms with Gasteiger partial charge < -0.3 is 24.7 Å². The Labute approximate surface area is 127 Å². The second-order valence-electron chi connectivity index (χ2n) is 4.42. The number of phosphoric ester groups is 1. The van der Waals surface area contributed by atoms with E-state index in [-0.39, 0.29) is 10.8 Å². The second-order valence-corrected chi connectivity index (χ2v) is 5.58. The van der Waals surface area contributed by atoms with Gasteiger partial charge in [-0.25, -0.2) is 13.8 Å². The first-order valence-corrected chi connectivity index (χ1v) is 7.23. The number of aliphatic hydroxyl groups is 2. The van der Waals surface area contributed by atoms with Crippen molar-refractivity contribution in [1.29, 1.82) is 0 Å². The third-order valence-corrected chi connectivity index (χ3v) is 3.12. The summed E-state index contributed by atoms with van der Waals surface area (Å²) >= 11 is 0. The van der Waals surface area contributed by atoms with E-state index in [0.717, 1.165) is 0 Å². The molecule has 0 radical (unpaired) electrons. The summed E-state index contributed by atoms with van der Waals surface area (Å²) in [5, 5.41) is 19.5. The van der Waals surface area contributed by atoms with Crippen molar-refractivity contribution in [3.63, 3.8) is 0 Å². The Hall–Kier alpha value is -1.47. The zero-order valence-corrected chi connectivity index (χ0v) is 11.7. The molecule has 0 spiro atoms. The smallest absolute Gasteiger partial charge is 0.385 e. The summed E-state index contributed by atoms with van der Waals surface area (Å²) in [6.45, 7) is -3.99. The molecule has 0 aliphatic carbocycles. The first kappa shape index (κ1) is 15.1. The van der Waals surface area contributed by atoms with Crippen molar-refractivity contribution in [3.8, 4) is 0 Å². The van der Waals surface area contributed by atoms with Crippen LogP contribution in [-0.2, 0) is 13.8 Å². The first-order valence-electron chi connectivity index (χ1n) is 6.70. The lowest BCUT2D eigenvalue weighted by atomic mass is 10.1. The summed E-state index contributed by atoms with van der Waals surface area (Å²) < 4.78 is 61.4. The van der Waals surface area contributed by atoms with Gasteiger partial charge in [0.25, 0.3) is 11.4 Å². The van der Waals surface area contributed by atoms with E-state index in [1.54, 1.807) is 0 Å². The molecule has 0 aromatic carbocycles. The van der Waals surface area contributed by atoms with Crippen LogP contribution in [0.5, 0.6) is 0 Å². The van der Waals surface area contributed by atoms with Crippen LogP contribution >= 0.6 is 7.82 Å². The molecule has 1 aliphatic rings. The van der Waals surface area contributed by atoms with E-state index in [9.17, 15) is 33.1 Å². The van der Waals surface area contributed by atoms with Gasteiger partial charge in [0, 0.05) is 0 Å². The second kappa shape index (κ2) is 5.87. The van der Waals surface area contributed by atoms with Gasteiger partial charge in [0.15, 0.2) is 6.23 Å². The van der Waals surface area contributed by atoms with Crippen molar-refractivity contribution in [2.24, 2.45) is 0 Å². The lowest BCUT2D eigenvalue weighted by Gasteiger charge is -2.22. The normalized spacial score (nSPS) is 33.4. The number of hydrogen-bond donors (Lipinski definition) is 5. The van der Waals surface area contributed by atoms with Crippen LogP contribution in [0.25, 0.3) is 0 Å². The Balaban J connectivity index is 2.48. The van der Waals surface area contributed by atoms with E-state index in [1.807, 2.05) is 0 Å². The summed E-state index contributed by atoms with van der Waals surface area (Å²) in [6, 6.07) is 0. The van der Waals surface area contributed by atoms with Crippen LogP contribution in [-0.4, -0.2) is 54.2 Å². The fraction of sp³-hybridized carbons (Fsp3) is 0.556. The van der Waals surface area contributed by atoms with Crippen LogP contribution in [0.3, 0.4) is 0 Å². The minimum atomic E-state index is -5.61. The van der Waals surface area contributed by atoms with Gasteiger partial charge in [0.2, 0.25) is 5.82 Å². The number of aromatic nitrogens is 2. The lowest BCUT2D eigenvalue weighted by Crippen LogP contribution is -2.43. The van der Waals surface area contributed by atoms with Gasteiger partial charge in [0.1, 0.15) is 18.8 Å². The number of hydrogen-bond acceptors (Lipinski definition) is 7. The summed E-state index contributed by atoms with van der Waals surface area (Å²) in [6.07, 6.45) is -7.26. The fourth-order valence-corrected chi connectivity index (χ4v) is 2.01. The SMILES string of the molecule is [2H]C([2H])(OP(=O)(O)O)[C@@]1(F)O[C@@H](n2cc(F)c(=O)[nH]c2=O)[C@H](O)[C@@H]1O. The van der Waals surface area contributed by atoms with Crippen LogP contribution in [0, 0.1) is 5.82 Å². The maximum absolute atomic E-state index is 14.8. The molecule has 1 aliphatic heterocycles. The number of phosphoric acid groups is 1. The number of ether oxygens (including phenoxy) is 1. The van der Waals surface area contributed by atoms with Gasteiger partial charge in [-0.15, -0.1) is 0 Å². The van der Waals surface area contributed by atoms with Crippen LogP contribution in [0.4, 0.5) is 8.78 Å². The van der Waals surface area contributed by atoms with Crippen molar-refractivity contribution in [1.82, 2.24) is 9.55 Å². The average Bonchev–Trinajstić information content (AvgIpc) is 2.66. The molecule has 1 aromatic rings. The molecule has 23 heavy (non-hydrogen) atoms. The molecular formula is C9H11F2N2O9P. The van der Waals surface area contributed by atoms with Gasteiger partial charge >= 0.3 is 13.5 Å². The minimum Gasteiger partial charge on any atom is -0.385 e. The molecule has 2 rings (SSSR count). The highest BCUT2D eigenvalue weighted by atomic mass is 31.2. The Bertz CT molecular complexity index is 841. The lowest BCUT2D eigenvalue weighted by molar-refractivity contribution is -0.205. The number of halogens is 2. The van der Waals surface area contributed by atoms with Gasteiger partial charge in [-0.3, -0.25) is 18.9 Å². The van der Waals surface area contributed by atoms with Gasteiger partial charge in [0.05, 0.1) is 8.94 Å². The number of alkyl halides is 1. The highest BCUT2D eigenvalue weighted by Gasteiger charge is 2.57. The topological polar surface area (TPSA) is 171 Å². The Morgan fingerprint density at radius 2 is 2.13 bits per heavy atom. The maximum Gasteiger partial charge on any atom is 0.469 e.